The van der Waals surface area contributed by atoms with Gasteiger partial charge in [0.05, 0.1) is 33.5 Å². The Morgan fingerprint density at radius 2 is 0.850 bits per heavy atom. The van der Waals surface area contributed by atoms with Crippen molar-refractivity contribution in [2.75, 3.05) is 0 Å². The van der Waals surface area contributed by atoms with E-state index in [2.05, 4.69) is 190 Å². The molecule has 12 rings (SSSR count). The van der Waals surface area contributed by atoms with Crippen LogP contribution in [0.2, 0.25) is 0 Å². The molecule has 0 bridgehead atoms. The van der Waals surface area contributed by atoms with Gasteiger partial charge in [-0.3, -0.25) is 9.55 Å². The molecule has 0 saturated carbocycles. The van der Waals surface area contributed by atoms with Crippen molar-refractivity contribution in [2.24, 2.45) is 0 Å². The zero-order valence-electron chi connectivity index (χ0n) is 32.4. The van der Waals surface area contributed by atoms with E-state index in [4.69, 9.17) is 9.97 Å². The van der Waals surface area contributed by atoms with E-state index in [-0.39, 0.29) is 0 Å². The van der Waals surface area contributed by atoms with Gasteiger partial charge < -0.3 is 4.57 Å². The summed E-state index contributed by atoms with van der Waals surface area (Å²) in [5, 5.41) is 7.29. The topological polar surface area (TPSA) is 48.5 Å². The summed E-state index contributed by atoms with van der Waals surface area (Å²) in [4.78, 5) is 15.5. The molecule has 0 aliphatic heterocycles. The van der Waals surface area contributed by atoms with E-state index in [0.29, 0.717) is 0 Å². The fourth-order valence-corrected chi connectivity index (χ4v) is 9.09. The van der Waals surface area contributed by atoms with Gasteiger partial charge in [0, 0.05) is 56.3 Å². The molecule has 0 atom stereocenters. The van der Waals surface area contributed by atoms with Crippen molar-refractivity contribution in [3.05, 3.63) is 213 Å². The summed E-state index contributed by atoms with van der Waals surface area (Å²) in [6, 6.07) is 71.1. The van der Waals surface area contributed by atoms with Gasteiger partial charge in [-0.05, 0) is 82.6 Å². The number of pyridine rings is 1. The molecule has 5 nitrogen and oxygen atoms in total. The lowest BCUT2D eigenvalue weighted by atomic mass is 9.99. The van der Waals surface area contributed by atoms with Gasteiger partial charge in [-0.2, -0.15) is 0 Å². The minimum atomic E-state index is 0.765. The molecule has 0 radical (unpaired) electrons. The first kappa shape index (κ1) is 33.9. The quantitative estimate of drug-likeness (QED) is 0.169. The van der Waals surface area contributed by atoms with Crippen LogP contribution in [0.5, 0.6) is 0 Å². The molecule has 0 saturated heterocycles. The van der Waals surface area contributed by atoms with Gasteiger partial charge in [0.15, 0.2) is 5.82 Å². The molecule has 0 spiro atoms. The number of hydrogen-bond acceptors (Lipinski definition) is 3. The third-order valence-corrected chi connectivity index (χ3v) is 11.8. The summed E-state index contributed by atoms with van der Waals surface area (Å²) in [6.45, 7) is 0. The Balaban J connectivity index is 1.11. The molecule has 0 amide bonds. The van der Waals surface area contributed by atoms with E-state index in [9.17, 15) is 0 Å². The minimum Gasteiger partial charge on any atom is -0.309 e. The van der Waals surface area contributed by atoms with Crippen LogP contribution in [-0.2, 0) is 0 Å². The van der Waals surface area contributed by atoms with Crippen molar-refractivity contribution in [1.29, 1.82) is 0 Å². The van der Waals surface area contributed by atoms with Crippen LogP contribution in [0.3, 0.4) is 0 Å². The maximum Gasteiger partial charge on any atom is 0.165 e. The molecular weight excluding hydrogens is 731 g/mol. The number of benzene rings is 8. The highest BCUT2D eigenvalue weighted by Gasteiger charge is 2.23. The summed E-state index contributed by atoms with van der Waals surface area (Å²) in [6.07, 6.45) is 3.65. The maximum atomic E-state index is 5.61. The van der Waals surface area contributed by atoms with Gasteiger partial charge in [0.1, 0.15) is 5.69 Å². The Hall–Kier alpha value is -8.15. The Labute approximate surface area is 346 Å². The van der Waals surface area contributed by atoms with Crippen molar-refractivity contribution in [3.63, 3.8) is 0 Å². The van der Waals surface area contributed by atoms with Gasteiger partial charge in [0.25, 0.3) is 0 Å². The van der Waals surface area contributed by atoms with Crippen molar-refractivity contribution in [3.8, 4) is 56.4 Å². The Kier molecular flexibility index (Phi) is 7.78. The first-order valence-corrected chi connectivity index (χ1v) is 20.3. The molecule has 12 aromatic rings. The predicted molar refractivity (Wildman–Crippen MR) is 248 cm³/mol. The average molecular weight is 766 g/mol. The van der Waals surface area contributed by atoms with Crippen LogP contribution in [0.4, 0.5) is 0 Å². The van der Waals surface area contributed by atoms with E-state index in [1.54, 1.807) is 0 Å². The van der Waals surface area contributed by atoms with E-state index in [0.717, 1.165) is 78.2 Å². The molecular formula is C55H35N5. The zero-order valence-corrected chi connectivity index (χ0v) is 32.4. The zero-order chi connectivity index (χ0) is 39.6. The van der Waals surface area contributed by atoms with Gasteiger partial charge in [0.2, 0.25) is 0 Å². The third kappa shape index (κ3) is 5.37. The summed E-state index contributed by atoms with van der Waals surface area (Å²) in [7, 11) is 0. The number of nitrogens with zero attached hydrogens (tertiary/aromatic N) is 5. The second kappa shape index (κ2) is 13.8. The molecule has 8 aromatic carbocycles. The molecule has 0 aliphatic carbocycles. The van der Waals surface area contributed by atoms with Crippen LogP contribution in [0, 0.1) is 0 Å². The van der Waals surface area contributed by atoms with Gasteiger partial charge in [-0.15, -0.1) is 0 Å². The molecule has 0 unspecified atom stereocenters. The molecule has 0 N–H and O–H groups in total. The molecule has 280 valence electrons. The van der Waals surface area contributed by atoms with Crippen LogP contribution >= 0.6 is 0 Å². The fourth-order valence-electron chi connectivity index (χ4n) is 9.09. The summed E-state index contributed by atoms with van der Waals surface area (Å²) >= 11 is 0. The lowest BCUT2D eigenvalue weighted by molar-refractivity contribution is 1.05. The van der Waals surface area contributed by atoms with Gasteiger partial charge >= 0.3 is 0 Å². The van der Waals surface area contributed by atoms with Gasteiger partial charge in [-0.1, -0.05) is 140 Å². The smallest absolute Gasteiger partial charge is 0.165 e. The van der Waals surface area contributed by atoms with Crippen LogP contribution in [-0.4, -0.2) is 24.1 Å². The van der Waals surface area contributed by atoms with Crippen LogP contribution < -0.4 is 0 Å². The molecule has 4 aromatic heterocycles. The Morgan fingerprint density at radius 1 is 0.317 bits per heavy atom. The van der Waals surface area contributed by atoms with Crippen LogP contribution in [0.1, 0.15) is 0 Å². The highest BCUT2D eigenvalue weighted by atomic mass is 15.1. The molecule has 60 heavy (non-hydrogen) atoms. The highest BCUT2D eigenvalue weighted by molar-refractivity contribution is 6.22. The van der Waals surface area contributed by atoms with Crippen molar-refractivity contribution in [2.45, 2.75) is 0 Å². The lowest BCUT2D eigenvalue weighted by Gasteiger charge is -2.17. The Bertz CT molecular complexity index is 3570. The lowest BCUT2D eigenvalue weighted by Crippen LogP contribution is -2.06. The Morgan fingerprint density at radius 3 is 1.57 bits per heavy atom. The minimum absolute atomic E-state index is 0.765. The summed E-state index contributed by atoms with van der Waals surface area (Å²) < 4.78 is 4.69. The van der Waals surface area contributed by atoms with Gasteiger partial charge in [-0.25, -0.2) is 9.97 Å². The largest absolute Gasteiger partial charge is 0.309 e. The van der Waals surface area contributed by atoms with Crippen molar-refractivity contribution < 1.29 is 0 Å². The second-order valence-electron chi connectivity index (χ2n) is 15.2. The number of para-hydroxylation sites is 2. The third-order valence-electron chi connectivity index (χ3n) is 11.8. The number of rotatable bonds is 6. The second-order valence-corrected chi connectivity index (χ2v) is 15.2. The standard InChI is InChI=1S/C55H35N5/c1-4-15-37(16-5-1)52-53(38-17-6-2-7-18-38)58-55(54(57-52)39-30-32-56-33-31-39)60-47-23-13-12-22-44(47)45-34-40(25-27-48(45)60)41-26-28-49-46(35-41)51-43-21-11-10-14-36(43)24-29-50(51)59(49)42-19-8-3-9-20-42/h1-35H. The van der Waals surface area contributed by atoms with E-state index < -0.39 is 0 Å². The van der Waals surface area contributed by atoms with E-state index in [1.807, 2.05) is 36.7 Å². The molecule has 5 heteroatoms. The molecule has 0 fully saturated rings. The van der Waals surface area contributed by atoms with Crippen molar-refractivity contribution in [1.82, 2.24) is 24.1 Å². The normalized spacial score (nSPS) is 11.7. The van der Waals surface area contributed by atoms with Crippen LogP contribution in [0.15, 0.2) is 213 Å². The van der Waals surface area contributed by atoms with E-state index in [1.165, 1.54) is 32.6 Å². The average Bonchev–Trinajstić information content (AvgIpc) is 3.84. The van der Waals surface area contributed by atoms with Crippen LogP contribution in [0.25, 0.3) is 111 Å². The fraction of sp³-hybridized carbons (Fsp3) is 0. The number of fused-ring (bicyclic) bond motifs is 8. The molecule has 0 aliphatic rings. The number of aromatic nitrogens is 5. The van der Waals surface area contributed by atoms with Crippen molar-refractivity contribution >= 4 is 54.4 Å². The number of hydrogen-bond donors (Lipinski definition) is 0. The predicted octanol–water partition coefficient (Wildman–Crippen LogP) is 13.9. The SMILES string of the molecule is c1ccc(-c2nc(-c3ccncc3)c(-n3c4ccccc4c4cc(-c5ccc6c(c5)c5c7ccccc7ccc5n6-c5ccccc5)ccc43)nc2-c2ccccc2)cc1. The summed E-state index contributed by atoms with van der Waals surface area (Å²) in [5.41, 5.74) is 13.4. The highest BCUT2D eigenvalue weighted by Crippen LogP contribution is 2.42. The first-order chi connectivity index (χ1) is 29.8. The summed E-state index contributed by atoms with van der Waals surface area (Å²) in [5.74, 6) is 0.765. The monoisotopic (exact) mass is 765 g/mol. The molecule has 4 heterocycles. The van der Waals surface area contributed by atoms with E-state index >= 15 is 0 Å². The first-order valence-electron chi connectivity index (χ1n) is 20.3. The maximum absolute atomic E-state index is 5.61.